The number of sulfone groups is 1. The van der Waals surface area contributed by atoms with Crippen molar-refractivity contribution in [2.75, 3.05) is 71.0 Å². The molecule has 3 fully saturated rings. The minimum Gasteiger partial charge on any atom is -0.383 e. The van der Waals surface area contributed by atoms with Crippen molar-refractivity contribution in [3.05, 3.63) is 0 Å². The molecule has 0 aromatic heterocycles. The van der Waals surface area contributed by atoms with Gasteiger partial charge in [0, 0.05) is 39.3 Å². The number of likely N-dealkylation sites (tertiary alicyclic amines) is 1. The molecule has 174 valence electrons. The third-order valence-electron chi connectivity index (χ3n) is 6.58. The molecule has 0 aromatic rings. The molecule has 0 saturated carbocycles. The Bertz CT molecular complexity index is 656. The third kappa shape index (κ3) is 6.88. The standard InChI is InChI=1S/C21H39N3O5S/c1-17-12-23(13-18(2)29-17)14-19-4-7-22(8-5-19)15-21(25)24(9-10-28-3)20-6-11-30(26,27)16-20/h17-20H,4-16H2,1-3H3. The lowest BCUT2D eigenvalue weighted by atomic mass is 9.95. The second-order valence-corrected chi connectivity index (χ2v) is 11.6. The van der Waals surface area contributed by atoms with Crippen LogP contribution in [0, 0.1) is 5.92 Å². The molecule has 0 aromatic carbocycles. The van der Waals surface area contributed by atoms with Crippen LogP contribution in [0.1, 0.15) is 33.1 Å². The van der Waals surface area contributed by atoms with Crippen molar-refractivity contribution in [2.24, 2.45) is 5.92 Å². The molecule has 0 N–H and O–H groups in total. The summed E-state index contributed by atoms with van der Waals surface area (Å²) in [5.41, 5.74) is 0. The highest BCUT2D eigenvalue weighted by Gasteiger charge is 2.35. The molecular formula is C21H39N3O5S. The SMILES string of the molecule is COCCN(C(=O)CN1CCC(CN2CC(C)OC(C)C2)CC1)C1CCS(=O)(=O)C1. The first kappa shape index (κ1) is 23.9. The van der Waals surface area contributed by atoms with Crippen molar-refractivity contribution >= 4 is 15.7 Å². The molecule has 3 aliphatic rings. The normalized spacial score (nSPS) is 31.1. The van der Waals surface area contributed by atoms with E-state index in [1.54, 1.807) is 12.0 Å². The molecule has 0 radical (unpaired) electrons. The van der Waals surface area contributed by atoms with Crippen LogP contribution in [0.5, 0.6) is 0 Å². The minimum atomic E-state index is -3.02. The van der Waals surface area contributed by atoms with Crippen molar-refractivity contribution in [2.45, 2.75) is 51.4 Å². The van der Waals surface area contributed by atoms with Gasteiger partial charge in [-0.1, -0.05) is 0 Å². The zero-order chi connectivity index (χ0) is 21.7. The van der Waals surface area contributed by atoms with Crippen molar-refractivity contribution < 1.29 is 22.7 Å². The van der Waals surface area contributed by atoms with E-state index in [9.17, 15) is 13.2 Å². The van der Waals surface area contributed by atoms with Crippen LogP contribution in [0.4, 0.5) is 0 Å². The largest absolute Gasteiger partial charge is 0.383 e. The van der Waals surface area contributed by atoms with Crippen LogP contribution in [-0.2, 0) is 24.1 Å². The van der Waals surface area contributed by atoms with Gasteiger partial charge in [-0.2, -0.15) is 0 Å². The number of methoxy groups -OCH3 is 1. The molecular weight excluding hydrogens is 406 g/mol. The first-order chi connectivity index (χ1) is 14.3. The van der Waals surface area contributed by atoms with Crippen molar-refractivity contribution in [3.63, 3.8) is 0 Å². The molecule has 3 rings (SSSR count). The van der Waals surface area contributed by atoms with Gasteiger partial charge in [0.1, 0.15) is 0 Å². The number of piperidine rings is 1. The topological polar surface area (TPSA) is 79.4 Å². The first-order valence-corrected chi connectivity index (χ1v) is 13.2. The summed E-state index contributed by atoms with van der Waals surface area (Å²) >= 11 is 0. The van der Waals surface area contributed by atoms with Gasteiger partial charge in [0.25, 0.3) is 0 Å². The Kier molecular flexibility index (Phi) is 8.55. The Hall–Kier alpha value is -0.740. The summed E-state index contributed by atoms with van der Waals surface area (Å²) in [6.07, 6.45) is 3.33. The Balaban J connectivity index is 1.46. The van der Waals surface area contributed by atoms with E-state index in [1.807, 2.05) is 0 Å². The molecule has 30 heavy (non-hydrogen) atoms. The number of carbonyl (C=O) groups is 1. The summed E-state index contributed by atoms with van der Waals surface area (Å²) in [6.45, 7) is 10.5. The average Bonchev–Trinajstić information content (AvgIpc) is 3.02. The molecule has 3 heterocycles. The lowest BCUT2D eigenvalue weighted by molar-refractivity contribution is -0.135. The van der Waals surface area contributed by atoms with Crippen LogP contribution < -0.4 is 0 Å². The summed E-state index contributed by atoms with van der Waals surface area (Å²) in [7, 11) is -1.42. The Morgan fingerprint density at radius 3 is 2.33 bits per heavy atom. The Labute approximate surface area is 181 Å². The van der Waals surface area contributed by atoms with E-state index in [0.717, 1.165) is 45.6 Å². The van der Waals surface area contributed by atoms with E-state index in [0.29, 0.717) is 44.2 Å². The summed E-state index contributed by atoms with van der Waals surface area (Å²) in [5, 5.41) is 0. The van der Waals surface area contributed by atoms with Crippen molar-refractivity contribution in [1.29, 1.82) is 0 Å². The Morgan fingerprint density at radius 2 is 1.77 bits per heavy atom. The smallest absolute Gasteiger partial charge is 0.237 e. The van der Waals surface area contributed by atoms with E-state index in [-0.39, 0.29) is 23.5 Å². The van der Waals surface area contributed by atoms with Gasteiger partial charge in [-0.3, -0.25) is 14.6 Å². The van der Waals surface area contributed by atoms with Crippen molar-refractivity contribution in [3.8, 4) is 0 Å². The average molecular weight is 446 g/mol. The third-order valence-corrected chi connectivity index (χ3v) is 8.33. The molecule has 8 nitrogen and oxygen atoms in total. The number of rotatable bonds is 8. The van der Waals surface area contributed by atoms with Gasteiger partial charge < -0.3 is 14.4 Å². The summed E-state index contributed by atoms with van der Waals surface area (Å²) < 4.78 is 34.7. The van der Waals surface area contributed by atoms with Crippen molar-refractivity contribution in [1.82, 2.24) is 14.7 Å². The number of hydrogen-bond donors (Lipinski definition) is 0. The maximum atomic E-state index is 13.0. The molecule has 0 spiro atoms. The molecule has 3 saturated heterocycles. The number of morpholine rings is 1. The monoisotopic (exact) mass is 445 g/mol. The highest BCUT2D eigenvalue weighted by Crippen LogP contribution is 2.22. The number of hydrogen-bond acceptors (Lipinski definition) is 7. The molecule has 9 heteroatoms. The van der Waals surface area contributed by atoms with Crippen LogP contribution in [0.2, 0.25) is 0 Å². The second kappa shape index (κ2) is 10.7. The van der Waals surface area contributed by atoms with E-state index in [2.05, 4.69) is 23.6 Å². The zero-order valence-electron chi connectivity index (χ0n) is 18.8. The molecule has 0 aliphatic carbocycles. The lowest BCUT2D eigenvalue weighted by Crippen LogP contribution is -2.50. The molecule has 3 unspecified atom stereocenters. The van der Waals surface area contributed by atoms with E-state index in [4.69, 9.17) is 9.47 Å². The van der Waals surface area contributed by atoms with Gasteiger partial charge in [0.15, 0.2) is 9.84 Å². The van der Waals surface area contributed by atoms with E-state index in [1.165, 1.54) is 0 Å². The summed E-state index contributed by atoms with van der Waals surface area (Å²) in [5.74, 6) is 0.960. The zero-order valence-corrected chi connectivity index (χ0v) is 19.6. The highest BCUT2D eigenvalue weighted by atomic mass is 32.2. The van der Waals surface area contributed by atoms with Gasteiger partial charge >= 0.3 is 0 Å². The molecule has 0 bridgehead atoms. The summed E-state index contributed by atoms with van der Waals surface area (Å²) in [6, 6.07) is -0.208. The van der Waals surface area contributed by atoms with E-state index >= 15 is 0 Å². The number of carbonyl (C=O) groups excluding carboxylic acids is 1. The summed E-state index contributed by atoms with van der Waals surface area (Å²) in [4.78, 5) is 19.5. The maximum absolute atomic E-state index is 13.0. The number of nitrogens with zero attached hydrogens (tertiary/aromatic N) is 3. The quantitative estimate of drug-likeness (QED) is 0.537. The van der Waals surface area contributed by atoms with Gasteiger partial charge in [-0.05, 0) is 52.1 Å². The van der Waals surface area contributed by atoms with Gasteiger partial charge in [-0.25, -0.2) is 8.42 Å². The maximum Gasteiger partial charge on any atom is 0.237 e. The van der Waals surface area contributed by atoms with Crippen LogP contribution in [0.25, 0.3) is 0 Å². The highest BCUT2D eigenvalue weighted by molar-refractivity contribution is 7.91. The van der Waals surface area contributed by atoms with Gasteiger partial charge in [0.2, 0.25) is 5.91 Å². The van der Waals surface area contributed by atoms with Crippen LogP contribution in [0.3, 0.4) is 0 Å². The van der Waals surface area contributed by atoms with Gasteiger partial charge in [0.05, 0.1) is 36.9 Å². The van der Waals surface area contributed by atoms with Crippen LogP contribution in [0.15, 0.2) is 0 Å². The van der Waals surface area contributed by atoms with Crippen LogP contribution >= 0.6 is 0 Å². The Morgan fingerprint density at radius 1 is 1.10 bits per heavy atom. The molecule has 3 aliphatic heterocycles. The first-order valence-electron chi connectivity index (χ1n) is 11.3. The fourth-order valence-electron chi connectivity index (χ4n) is 5.13. The fraction of sp³-hybridized carbons (Fsp3) is 0.952. The number of ether oxygens (including phenoxy) is 2. The molecule has 3 atom stereocenters. The second-order valence-electron chi connectivity index (χ2n) is 9.33. The molecule has 1 amide bonds. The minimum absolute atomic E-state index is 0.0310. The predicted molar refractivity (Wildman–Crippen MR) is 116 cm³/mol. The van der Waals surface area contributed by atoms with Crippen LogP contribution in [-0.4, -0.2) is 118 Å². The number of amides is 1. The fourth-order valence-corrected chi connectivity index (χ4v) is 6.86. The lowest BCUT2D eigenvalue weighted by Gasteiger charge is -2.39. The van der Waals surface area contributed by atoms with Gasteiger partial charge in [-0.15, -0.1) is 0 Å². The predicted octanol–water partition coefficient (Wildman–Crippen LogP) is 0.470. The van der Waals surface area contributed by atoms with E-state index < -0.39 is 9.84 Å².